The molecule has 166 valence electrons. The number of carboxylic acid groups (broad SMARTS) is 1. The van der Waals surface area contributed by atoms with Gasteiger partial charge in [-0.15, -0.1) is 5.10 Å². The molecule has 2 aliphatic rings. The maximum Gasteiger partial charge on any atom is 0.318 e. The minimum Gasteiger partial charge on any atom is -0.483 e. The summed E-state index contributed by atoms with van der Waals surface area (Å²) in [6, 6.07) is 12.8. The number of nitrogens with zero attached hydrogens (tertiary/aromatic N) is 5. The number of benzene rings is 1. The zero-order valence-corrected chi connectivity index (χ0v) is 18.1. The van der Waals surface area contributed by atoms with E-state index in [1.54, 1.807) is 6.92 Å². The second-order valence-electron chi connectivity index (χ2n) is 8.26. The maximum absolute atomic E-state index is 13.7. The van der Waals surface area contributed by atoms with E-state index >= 15 is 0 Å². The molecule has 9 nitrogen and oxygen atoms in total. The van der Waals surface area contributed by atoms with Crippen LogP contribution < -0.4 is 4.90 Å². The van der Waals surface area contributed by atoms with Gasteiger partial charge in [0.1, 0.15) is 0 Å². The molecule has 0 aliphatic carbocycles. The van der Waals surface area contributed by atoms with E-state index in [4.69, 9.17) is 14.3 Å². The lowest BCUT2D eigenvalue weighted by Crippen LogP contribution is -2.64. The number of rotatable bonds is 4. The van der Waals surface area contributed by atoms with Crippen molar-refractivity contribution in [2.24, 2.45) is 5.41 Å². The molecule has 0 unspecified atom stereocenters. The van der Waals surface area contributed by atoms with Gasteiger partial charge in [-0.05, 0) is 36.1 Å². The molecular weight excluding hydrogens is 410 g/mol. The first-order valence-electron chi connectivity index (χ1n) is 10.3. The summed E-state index contributed by atoms with van der Waals surface area (Å²) >= 11 is 0. The summed E-state index contributed by atoms with van der Waals surface area (Å²) in [4.78, 5) is 30.4. The molecule has 1 N–H and O–H groups in total. The van der Waals surface area contributed by atoms with E-state index in [0.29, 0.717) is 44.5 Å². The zero-order valence-electron chi connectivity index (χ0n) is 18.1. The van der Waals surface area contributed by atoms with E-state index in [1.807, 2.05) is 41.1 Å². The molecule has 32 heavy (non-hydrogen) atoms. The molecule has 0 spiro atoms. The third kappa shape index (κ3) is 4.18. The van der Waals surface area contributed by atoms with E-state index in [-0.39, 0.29) is 12.4 Å². The third-order valence-corrected chi connectivity index (χ3v) is 5.84. The average molecular weight is 435 g/mol. The number of fused-ring (bicyclic) bond motifs is 1. The molecule has 2 aromatic heterocycles. The van der Waals surface area contributed by atoms with Gasteiger partial charge in [0.05, 0.1) is 5.41 Å². The number of carbonyl (C=O) groups excluding carboxylic acids is 1. The van der Waals surface area contributed by atoms with Gasteiger partial charge in [-0.3, -0.25) is 14.6 Å². The second-order valence-corrected chi connectivity index (χ2v) is 8.26. The Balaban J connectivity index is 0.000000775. The van der Waals surface area contributed by atoms with Crippen LogP contribution in [0.4, 0.5) is 6.01 Å². The summed E-state index contributed by atoms with van der Waals surface area (Å²) in [5, 5.41) is 14.9. The van der Waals surface area contributed by atoms with Crippen LogP contribution in [0.1, 0.15) is 28.3 Å². The highest BCUT2D eigenvalue weighted by Gasteiger charge is 2.53. The number of carbonyl (C=O) groups is 2. The standard InChI is InChI=1S/C22H23N5O2.CH2O2/c1-15-8-18-11-26(12-19(18)10-23-15)20(28)22(9-17-6-4-3-5-7-17)13-27(14-22)21-25-24-16(2)29-21;2-1-3/h3-8,10H,9,11-14H2,1-2H3;1H,(H,2,3). The van der Waals surface area contributed by atoms with Crippen LogP contribution in [0.25, 0.3) is 0 Å². The number of aryl methyl sites for hydroxylation is 2. The molecule has 1 saturated heterocycles. The highest BCUT2D eigenvalue weighted by molar-refractivity contribution is 5.87. The van der Waals surface area contributed by atoms with Gasteiger partial charge in [0.15, 0.2) is 0 Å². The summed E-state index contributed by atoms with van der Waals surface area (Å²) in [5.74, 6) is 0.715. The lowest BCUT2D eigenvalue weighted by Gasteiger charge is -2.49. The van der Waals surface area contributed by atoms with E-state index in [1.165, 1.54) is 5.56 Å². The first-order chi connectivity index (χ1) is 15.4. The Kier molecular flexibility index (Phi) is 5.89. The van der Waals surface area contributed by atoms with Crippen molar-refractivity contribution in [3.05, 3.63) is 70.9 Å². The fraction of sp³-hybridized carbons (Fsp3) is 0.348. The van der Waals surface area contributed by atoms with Crippen molar-refractivity contribution in [2.75, 3.05) is 18.0 Å². The first-order valence-corrected chi connectivity index (χ1v) is 10.3. The van der Waals surface area contributed by atoms with Gasteiger partial charge in [0.25, 0.3) is 6.47 Å². The normalized spacial score (nSPS) is 15.9. The van der Waals surface area contributed by atoms with Crippen molar-refractivity contribution in [2.45, 2.75) is 33.4 Å². The Morgan fingerprint density at radius 1 is 1.16 bits per heavy atom. The number of amides is 1. The zero-order chi connectivity index (χ0) is 22.7. The molecule has 3 aromatic rings. The lowest BCUT2D eigenvalue weighted by molar-refractivity contribution is -0.144. The van der Waals surface area contributed by atoms with Gasteiger partial charge in [-0.1, -0.05) is 35.4 Å². The number of aromatic nitrogens is 3. The van der Waals surface area contributed by atoms with Crippen molar-refractivity contribution in [1.82, 2.24) is 20.1 Å². The fourth-order valence-electron chi connectivity index (χ4n) is 4.42. The van der Waals surface area contributed by atoms with E-state index in [9.17, 15) is 4.79 Å². The van der Waals surface area contributed by atoms with Crippen LogP contribution in [-0.4, -0.2) is 50.7 Å². The van der Waals surface area contributed by atoms with Crippen LogP contribution in [0.5, 0.6) is 0 Å². The molecule has 2 aliphatic heterocycles. The number of hydrogen-bond acceptors (Lipinski definition) is 7. The maximum atomic E-state index is 13.7. The molecule has 1 aromatic carbocycles. The summed E-state index contributed by atoms with van der Waals surface area (Å²) in [5.41, 5.74) is 4.00. The van der Waals surface area contributed by atoms with Crippen LogP contribution in [-0.2, 0) is 29.1 Å². The fourth-order valence-corrected chi connectivity index (χ4v) is 4.42. The van der Waals surface area contributed by atoms with E-state index in [0.717, 1.165) is 16.8 Å². The lowest BCUT2D eigenvalue weighted by atomic mass is 9.73. The van der Waals surface area contributed by atoms with E-state index < -0.39 is 5.41 Å². The van der Waals surface area contributed by atoms with Crippen LogP contribution in [0.2, 0.25) is 0 Å². The Hall–Kier alpha value is -3.75. The van der Waals surface area contributed by atoms with Crippen molar-refractivity contribution < 1.29 is 19.1 Å². The predicted octanol–water partition coefficient (Wildman–Crippen LogP) is 2.37. The summed E-state index contributed by atoms with van der Waals surface area (Å²) in [6.45, 7) is 5.93. The van der Waals surface area contributed by atoms with Crippen molar-refractivity contribution in [1.29, 1.82) is 0 Å². The highest BCUT2D eigenvalue weighted by atomic mass is 16.4. The molecule has 0 bridgehead atoms. The van der Waals surface area contributed by atoms with Crippen molar-refractivity contribution >= 4 is 18.4 Å². The minimum absolute atomic E-state index is 0.183. The van der Waals surface area contributed by atoms with Crippen molar-refractivity contribution in [3.8, 4) is 0 Å². The minimum atomic E-state index is -0.492. The highest BCUT2D eigenvalue weighted by Crippen LogP contribution is 2.40. The first kappa shape index (κ1) is 21.5. The Morgan fingerprint density at radius 3 is 2.50 bits per heavy atom. The van der Waals surface area contributed by atoms with Gasteiger partial charge >= 0.3 is 6.01 Å². The monoisotopic (exact) mass is 435 g/mol. The van der Waals surface area contributed by atoms with Gasteiger partial charge in [0, 0.05) is 45.0 Å². The predicted molar refractivity (Wildman–Crippen MR) is 116 cm³/mol. The van der Waals surface area contributed by atoms with Gasteiger partial charge in [-0.2, -0.15) is 0 Å². The molecule has 0 saturated carbocycles. The summed E-state index contributed by atoms with van der Waals surface area (Å²) < 4.78 is 5.57. The molecule has 9 heteroatoms. The molecule has 0 radical (unpaired) electrons. The number of anilines is 1. The smallest absolute Gasteiger partial charge is 0.318 e. The Bertz CT molecular complexity index is 1110. The molecule has 4 heterocycles. The van der Waals surface area contributed by atoms with Gasteiger partial charge in [0.2, 0.25) is 11.8 Å². The molecule has 0 atom stereocenters. The molecule has 5 rings (SSSR count). The van der Waals surface area contributed by atoms with Crippen LogP contribution in [0, 0.1) is 19.3 Å². The molecule has 1 fully saturated rings. The largest absolute Gasteiger partial charge is 0.483 e. The summed E-state index contributed by atoms with van der Waals surface area (Å²) in [7, 11) is 0. The SMILES string of the molecule is Cc1cc2c(cn1)CN(C(=O)C1(Cc3ccccc3)CN(c3nnc(C)o3)C1)C2.O=CO. The topological polar surface area (TPSA) is 113 Å². The number of hydrogen-bond donors (Lipinski definition) is 1. The van der Waals surface area contributed by atoms with Crippen LogP contribution in [0.15, 0.2) is 47.0 Å². The van der Waals surface area contributed by atoms with Gasteiger partial charge < -0.3 is 19.3 Å². The summed E-state index contributed by atoms with van der Waals surface area (Å²) in [6.07, 6.45) is 2.59. The third-order valence-electron chi connectivity index (χ3n) is 5.84. The number of pyridine rings is 1. The van der Waals surface area contributed by atoms with Crippen LogP contribution in [0.3, 0.4) is 0 Å². The van der Waals surface area contributed by atoms with Gasteiger partial charge in [-0.25, -0.2) is 0 Å². The van der Waals surface area contributed by atoms with Crippen LogP contribution >= 0.6 is 0 Å². The molecule has 1 amide bonds. The second kappa shape index (κ2) is 8.78. The van der Waals surface area contributed by atoms with E-state index in [2.05, 4.69) is 33.4 Å². The average Bonchev–Trinajstić information content (AvgIpc) is 3.37. The quantitative estimate of drug-likeness (QED) is 0.622. The van der Waals surface area contributed by atoms with Crippen molar-refractivity contribution in [3.63, 3.8) is 0 Å². The molecular formula is C23H25N5O4. The Labute approximate surface area is 185 Å². The Morgan fingerprint density at radius 2 is 1.84 bits per heavy atom.